The maximum Gasteiger partial charge on any atom is 0.262 e. The second kappa shape index (κ2) is 8.32. The Labute approximate surface area is 171 Å². The molecule has 0 aliphatic heterocycles. The number of thioether (sulfide) groups is 1. The van der Waals surface area contributed by atoms with Gasteiger partial charge in [-0.25, -0.2) is 9.67 Å². The number of amides is 1. The summed E-state index contributed by atoms with van der Waals surface area (Å²) in [5, 5.41) is 7.55. The molecule has 8 heteroatoms. The molecule has 1 amide bonds. The molecule has 2 heterocycles. The third-order valence-electron chi connectivity index (χ3n) is 4.38. The second-order valence-electron chi connectivity index (χ2n) is 6.46. The molecule has 0 spiro atoms. The fraction of sp³-hybridized carbons (Fsp3) is 0.143. The van der Waals surface area contributed by atoms with Gasteiger partial charge in [0.1, 0.15) is 5.39 Å². The van der Waals surface area contributed by atoms with Gasteiger partial charge in [-0.05, 0) is 24.6 Å². The molecule has 0 radical (unpaired) electrons. The van der Waals surface area contributed by atoms with Crippen molar-refractivity contribution in [1.82, 2.24) is 25.1 Å². The van der Waals surface area contributed by atoms with Crippen LogP contribution in [-0.2, 0) is 11.3 Å². The van der Waals surface area contributed by atoms with Crippen molar-refractivity contribution in [1.29, 1.82) is 0 Å². The van der Waals surface area contributed by atoms with Crippen LogP contribution in [-0.4, -0.2) is 30.9 Å². The zero-order chi connectivity index (χ0) is 20.2. The summed E-state index contributed by atoms with van der Waals surface area (Å²) in [7, 11) is 0. The fourth-order valence-corrected chi connectivity index (χ4v) is 3.68. The minimum absolute atomic E-state index is 0.127. The summed E-state index contributed by atoms with van der Waals surface area (Å²) in [5.41, 5.74) is 2.01. The van der Waals surface area contributed by atoms with E-state index in [9.17, 15) is 9.59 Å². The van der Waals surface area contributed by atoms with E-state index in [1.807, 2.05) is 60.7 Å². The highest BCUT2D eigenvalue weighted by atomic mass is 32.2. The molecule has 146 valence electrons. The van der Waals surface area contributed by atoms with Crippen molar-refractivity contribution in [3.05, 3.63) is 82.8 Å². The molecule has 0 fully saturated rings. The number of H-pyrrole nitrogens is 1. The molecule has 0 unspecified atom stereocenters. The quantitative estimate of drug-likeness (QED) is 0.380. The predicted octanol–water partition coefficient (Wildman–Crippen LogP) is 2.91. The number of carbonyl (C=O) groups is 1. The Kier molecular flexibility index (Phi) is 5.44. The van der Waals surface area contributed by atoms with Crippen LogP contribution in [0.4, 0.5) is 0 Å². The van der Waals surface area contributed by atoms with Crippen molar-refractivity contribution < 1.29 is 4.79 Å². The van der Waals surface area contributed by atoms with Crippen molar-refractivity contribution in [3.8, 4) is 5.69 Å². The Morgan fingerprint density at radius 3 is 2.55 bits per heavy atom. The van der Waals surface area contributed by atoms with E-state index < -0.39 is 5.25 Å². The van der Waals surface area contributed by atoms with Crippen LogP contribution in [0.15, 0.2) is 76.8 Å². The molecule has 7 nitrogen and oxygen atoms in total. The molecule has 2 aromatic carbocycles. The smallest absolute Gasteiger partial charge is 0.262 e. The van der Waals surface area contributed by atoms with Gasteiger partial charge in [0.15, 0.2) is 10.8 Å². The Balaban J connectivity index is 1.53. The molecule has 4 aromatic rings. The van der Waals surface area contributed by atoms with E-state index >= 15 is 0 Å². The van der Waals surface area contributed by atoms with E-state index in [4.69, 9.17) is 0 Å². The van der Waals surface area contributed by atoms with Crippen LogP contribution in [0.1, 0.15) is 12.5 Å². The number of benzene rings is 2. The van der Waals surface area contributed by atoms with Crippen LogP contribution in [0.3, 0.4) is 0 Å². The first-order chi connectivity index (χ1) is 14.1. The molecular formula is C21H19N5O2S. The molecule has 0 aliphatic rings. The van der Waals surface area contributed by atoms with Crippen LogP contribution >= 0.6 is 11.8 Å². The zero-order valence-corrected chi connectivity index (χ0v) is 16.5. The van der Waals surface area contributed by atoms with Crippen molar-refractivity contribution in [2.24, 2.45) is 0 Å². The molecule has 2 N–H and O–H groups in total. The second-order valence-corrected chi connectivity index (χ2v) is 7.79. The van der Waals surface area contributed by atoms with Crippen LogP contribution in [0.2, 0.25) is 0 Å². The maximum absolute atomic E-state index is 12.4. The van der Waals surface area contributed by atoms with E-state index in [1.54, 1.807) is 11.6 Å². The molecule has 0 bridgehead atoms. The minimum Gasteiger partial charge on any atom is -0.351 e. The Hall–Kier alpha value is -3.39. The van der Waals surface area contributed by atoms with Gasteiger partial charge in [-0.15, -0.1) is 0 Å². The van der Waals surface area contributed by atoms with Crippen LogP contribution in [0.5, 0.6) is 0 Å². The number of hydrogen-bond acceptors (Lipinski definition) is 5. The summed E-state index contributed by atoms with van der Waals surface area (Å²) in [6.07, 6.45) is 1.50. The van der Waals surface area contributed by atoms with Gasteiger partial charge in [-0.2, -0.15) is 5.10 Å². The van der Waals surface area contributed by atoms with Crippen LogP contribution in [0, 0.1) is 0 Å². The molecule has 4 rings (SSSR count). The van der Waals surface area contributed by atoms with Gasteiger partial charge in [0.2, 0.25) is 5.91 Å². The molecule has 0 aliphatic carbocycles. The SMILES string of the molecule is C[C@H](Sc1nc2c(cnn2-c2ccccc2)c(=O)[nH]1)C(=O)NCc1ccccc1. The highest BCUT2D eigenvalue weighted by Gasteiger charge is 2.18. The van der Waals surface area contributed by atoms with E-state index in [1.165, 1.54) is 18.0 Å². The van der Waals surface area contributed by atoms with Gasteiger partial charge in [0.25, 0.3) is 5.56 Å². The molecule has 0 saturated carbocycles. The third-order valence-corrected chi connectivity index (χ3v) is 5.37. The standard InChI is InChI=1S/C21H19N5O2S/c1-14(19(27)22-12-15-8-4-2-5-9-15)29-21-24-18-17(20(28)25-21)13-23-26(18)16-10-6-3-7-11-16/h2-11,13-14H,12H2,1H3,(H,22,27)(H,24,25,28)/t14-/m0/s1. The molecular weight excluding hydrogens is 386 g/mol. The summed E-state index contributed by atoms with van der Waals surface area (Å²) in [5.74, 6) is -0.127. The largest absolute Gasteiger partial charge is 0.351 e. The van der Waals surface area contributed by atoms with Gasteiger partial charge in [-0.1, -0.05) is 60.3 Å². The lowest BCUT2D eigenvalue weighted by atomic mass is 10.2. The minimum atomic E-state index is -0.424. The van der Waals surface area contributed by atoms with Crippen molar-refractivity contribution in [2.45, 2.75) is 23.9 Å². The fourth-order valence-electron chi connectivity index (χ4n) is 2.86. The summed E-state index contributed by atoms with van der Waals surface area (Å²) < 4.78 is 1.62. The van der Waals surface area contributed by atoms with Gasteiger partial charge >= 0.3 is 0 Å². The summed E-state index contributed by atoms with van der Waals surface area (Å²) >= 11 is 1.20. The van der Waals surface area contributed by atoms with Crippen LogP contribution < -0.4 is 10.9 Å². The Morgan fingerprint density at radius 2 is 1.83 bits per heavy atom. The molecule has 0 saturated heterocycles. The highest BCUT2D eigenvalue weighted by Crippen LogP contribution is 2.21. The topological polar surface area (TPSA) is 92.7 Å². The number of carbonyl (C=O) groups excluding carboxylic acids is 1. The number of aromatic nitrogens is 4. The first-order valence-corrected chi connectivity index (χ1v) is 10.0. The number of para-hydroxylation sites is 1. The number of nitrogens with one attached hydrogen (secondary N) is 2. The van der Waals surface area contributed by atoms with Gasteiger partial charge in [-0.3, -0.25) is 9.59 Å². The Morgan fingerprint density at radius 1 is 1.14 bits per heavy atom. The first kappa shape index (κ1) is 18.9. The highest BCUT2D eigenvalue weighted by molar-refractivity contribution is 8.00. The van der Waals surface area contributed by atoms with Gasteiger partial charge < -0.3 is 10.3 Å². The van der Waals surface area contributed by atoms with Gasteiger partial charge in [0.05, 0.1) is 17.1 Å². The lowest BCUT2D eigenvalue weighted by Gasteiger charge is -2.11. The van der Waals surface area contributed by atoms with Crippen LogP contribution in [0.25, 0.3) is 16.7 Å². The molecule has 29 heavy (non-hydrogen) atoms. The number of fused-ring (bicyclic) bond motifs is 1. The first-order valence-electron chi connectivity index (χ1n) is 9.13. The van der Waals surface area contributed by atoms with Crippen molar-refractivity contribution in [2.75, 3.05) is 0 Å². The monoisotopic (exact) mass is 405 g/mol. The number of aromatic amines is 1. The summed E-state index contributed by atoms with van der Waals surface area (Å²) in [6, 6.07) is 19.2. The molecule has 2 aromatic heterocycles. The number of hydrogen-bond donors (Lipinski definition) is 2. The van der Waals surface area contributed by atoms with E-state index in [0.29, 0.717) is 22.7 Å². The average molecular weight is 405 g/mol. The van der Waals surface area contributed by atoms with E-state index in [0.717, 1.165) is 11.3 Å². The lowest BCUT2D eigenvalue weighted by Crippen LogP contribution is -2.30. The van der Waals surface area contributed by atoms with E-state index in [2.05, 4.69) is 20.4 Å². The maximum atomic E-state index is 12.4. The zero-order valence-electron chi connectivity index (χ0n) is 15.7. The lowest BCUT2D eigenvalue weighted by molar-refractivity contribution is -0.120. The van der Waals surface area contributed by atoms with Crippen molar-refractivity contribution >= 4 is 28.7 Å². The third kappa shape index (κ3) is 4.22. The van der Waals surface area contributed by atoms with E-state index in [-0.39, 0.29) is 11.5 Å². The van der Waals surface area contributed by atoms with Gasteiger partial charge in [0, 0.05) is 6.54 Å². The Bertz CT molecular complexity index is 1190. The van der Waals surface area contributed by atoms with Crippen molar-refractivity contribution in [3.63, 3.8) is 0 Å². The summed E-state index contributed by atoms with van der Waals surface area (Å²) in [4.78, 5) is 32.2. The average Bonchev–Trinajstić information content (AvgIpc) is 3.18. The number of nitrogens with zero attached hydrogens (tertiary/aromatic N) is 3. The molecule has 1 atom stereocenters. The predicted molar refractivity (Wildman–Crippen MR) is 113 cm³/mol. The normalized spacial score (nSPS) is 12.0. The number of rotatable bonds is 6. The summed E-state index contributed by atoms with van der Waals surface area (Å²) in [6.45, 7) is 2.23.